The van der Waals surface area contributed by atoms with Crippen molar-refractivity contribution in [2.45, 2.75) is 39.2 Å². The smallest absolute Gasteiger partial charge is 0.328 e. The van der Waals surface area contributed by atoms with Gasteiger partial charge in [-0.25, -0.2) is 4.79 Å². The number of rotatable bonds is 3. The number of carbonyl (C=O) groups excluding carboxylic acids is 2. The Kier molecular flexibility index (Phi) is 4.12. The Labute approximate surface area is 90.4 Å². The van der Waals surface area contributed by atoms with Gasteiger partial charge in [-0.1, -0.05) is 13.3 Å². The zero-order chi connectivity index (χ0) is 11.4. The fraction of sp³-hybridized carbons (Fsp3) is 0.818. The molecule has 1 aliphatic rings. The lowest BCUT2D eigenvalue weighted by molar-refractivity contribution is -0.145. The Morgan fingerprint density at radius 1 is 1.40 bits per heavy atom. The molecule has 1 fully saturated rings. The summed E-state index contributed by atoms with van der Waals surface area (Å²) in [6, 6.07) is -0.546. The second-order valence-corrected chi connectivity index (χ2v) is 4.27. The molecule has 0 aliphatic heterocycles. The summed E-state index contributed by atoms with van der Waals surface area (Å²) < 4.78 is 4.55. The molecule has 0 heterocycles. The van der Waals surface area contributed by atoms with Crippen LogP contribution >= 0.6 is 0 Å². The number of esters is 1. The molecule has 0 aromatic rings. The molecule has 0 saturated heterocycles. The van der Waals surface area contributed by atoms with Gasteiger partial charge in [0.2, 0.25) is 5.91 Å². The summed E-state index contributed by atoms with van der Waals surface area (Å²) in [6.07, 6.45) is 3.14. The number of amides is 1. The maximum absolute atomic E-state index is 11.8. The van der Waals surface area contributed by atoms with E-state index >= 15 is 0 Å². The number of hydrogen-bond acceptors (Lipinski definition) is 3. The zero-order valence-corrected chi connectivity index (χ0v) is 9.58. The van der Waals surface area contributed by atoms with E-state index in [0.29, 0.717) is 5.92 Å². The standard InChI is InChI=1S/C11H19NO3/c1-7-5-4-6-9(7)10(13)12-8(2)11(14)15-3/h7-9H,4-6H2,1-3H3,(H,12,13). The van der Waals surface area contributed by atoms with Gasteiger partial charge >= 0.3 is 5.97 Å². The molecule has 1 aliphatic carbocycles. The maximum atomic E-state index is 11.8. The molecule has 1 saturated carbocycles. The lowest BCUT2D eigenvalue weighted by atomic mass is 9.97. The Hall–Kier alpha value is -1.06. The molecule has 15 heavy (non-hydrogen) atoms. The first-order chi connectivity index (χ1) is 7.06. The number of methoxy groups -OCH3 is 1. The predicted molar refractivity (Wildman–Crippen MR) is 56.1 cm³/mol. The first-order valence-electron chi connectivity index (χ1n) is 5.44. The van der Waals surface area contributed by atoms with Crippen molar-refractivity contribution in [2.75, 3.05) is 7.11 Å². The Morgan fingerprint density at radius 2 is 2.07 bits per heavy atom. The van der Waals surface area contributed by atoms with Crippen molar-refractivity contribution in [3.05, 3.63) is 0 Å². The Morgan fingerprint density at radius 3 is 2.53 bits per heavy atom. The number of hydrogen-bond donors (Lipinski definition) is 1. The second-order valence-electron chi connectivity index (χ2n) is 4.27. The highest BCUT2D eigenvalue weighted by atomic mass is 16.5. The maximum Gasteiger partial charge on any atom is 0.328 e. The molecule has 0 bridgehead atoms. The van der Waals surface area contributed by atoms with Crippen LogP contribution in [0.2, 0.25) is 0 Å². The summed E-state index contributed by atoms with van der Waals surface area (Å²) >= 11 is 0. The van der Waals surface area contributed by atoms with E-state index in [1.54, 1.807) is 6.92 Å². The quantitative estimate of drug-likeness (QED) is 0.714. The van der Waals surface area contributed by atoms with Crippen LogP contribution in [-0.4, -0.2) is 25.0 Å². The lowest BCUT2D eigenvalue weighted by Crippen LogP contribution is -2.42. The van der Waals surface area contributed by atoms with Gasteiger partial charge < -0.3 is 10.1 Å². The molecular formula is C11H19NO3. The summed E-state index contributed by atoms with van der Waals surface area (Å²) in [4.78, 5) is 22.9. The molecular weight excluding hydrogens is 194 g/mol. The summed E-state index contributed by atoms with van der Waals surface area (Å²) in [7, 11) is 1.32. The van der Waals surface area contributed by atoms with E-state index in [-0.39, 0.29) is 11.8 Å². The van der Waals surface area contributed by atoms with Crippen molar-refractivity contribution >= 4 is 11.9 Å². The van der Waals surface area contributed by atoms with Crippen LogP contribution < -0.4 is 5.32 Å². The van der Waals surface area contributed by atoms with Crippen LogP contribution in [0.25, 0.3) is 0 Å². The Balaban J connectivity index is 2.44. The number of ether oxygens (including phenoxy) is 1. The number of nitrogens with one attached hydrogen (secondary N) is 1. The fourth-order valence-corrected chi connectivity index (χ4v) is 2.09. The van der Waals surface area contributed by atoms with Gasteiger partial charge in [0.1, 0.15) is 6.04 Å². The van der Waals surface area contributed by atoms with Crippen LogP contribution in [0.3, 0.4) is 0 Å². The van der Waals surface area contributed by atoms with Crippen molar-refractivity contribution in [2.24, 2.45) is 11.8 Å². The molecule has 0 radical (unpaired) electrons. The summed E-state index contributed by atoms with van der Waals surface area (Å²) in [5, 5.41) is 2.69. The van der Waals surface area contributed by atoms with E-state index in [9.17, 15) is 9.59 Å². The monoisotopic (exact) mass is 213 g/mol. The minimum atomic E-state index is -0.546. The minimum Gasteiger partial charge on any atom is -0.467 e. The van der Waals surface area contributed by atoms with E-state index in [4.69, 9.17) is 0 Å². The summed E-state index contributed by atoms with van der Waals surface area (Å²) in [5.41, 5.74) is 0. The SMILES string of the molecule is COC(=O)C(C)NC(=O)C1CCCC1C. The van der Waals surface area contributed by atoms with Crippen LogP contribution in [-0.2, 0) is 14.3 Å². The average Bonchev–Trinajstić information content (AvgIpc) is 2.63. The van der Waals surface area contributed by atoms with Crippen LogP contribution in [0.4, 0.5) is 0 Å². The molecule has 1 rings (SSSR count). The first-order valence-corrected chi connectivity index (χ1v) is 5.44. The van der Waals surface area contributed by atoms with E-state index in [2.05, 4.69) is 17.0 Å². The third-order valence-electron chi connectivity index (χ3n) is 3.11. The van der Waals surface area contributed by atoms with E-state index in [0.717, 1.165) is 19.3 Å². The van der Waals surface area contributed by atoms with Crippen molar-refractivity contribution in [3.63, 3.8) is 0 Å². The van der Waals surface area contributed by atoms with Gasteiger partial charge in [-0.2, -0.15) is 0 Å². The molecule has 1 amide bonds. The predicted octanol–water partition coefficient (Wildman–Crippen LogP) is 1.10. The molecule has 4 nitrogen and oxygen atoms in total. The molecule has 3 unspecified atom stereocenters. The first kappa shape index (κ1) is 12.0. The average molecular weight is 213 g/mol. The molecule has 0 spiro atoms. The van der Waals surface area contributed by atoms with Crippen molar-refractivity contribution in [1.29, 1.82) is 0 Å². The van der Waals surface area contributed by atoms with Crippen LogP contribution in [0.15, 0.2) is 0 Å². The van der Waals surface area contributed by atoms with Gasteiger partial charge in [-0.15, -0.1) is 0 Å². The van der Waals surface area contributed by atoms with Crippen molar-refractivity contribution in [1.82, 2.24) is 5.32 Å². The van der Waals surface area contributed by atoms with E-state index in [1.807, 2.05) is 0 Å². The molecule has 1 N–H and O–H groups in total. The largest absolute Gasteiger partial charge is 0.467 e. The molecule has 86 valence electrons. The van der Waals surface area contributed by atoms with Gasteiger partial charge in [0.25, 0.3) is 0 Å². The van der Waals surface area contributed by atoms with Crippen LogP contribution in [0.1, 0.15) is 33.1 Å². The van der Waals surface area contributed by atoms with Gasteiger partial charge in [-0.3, -0.25) is 4.79 Å². The molecule has 0 aromatic heterocycles. The van der Waals surface area contributed by atoms with Crippen molar-refractivity contribution < 1.29 is 14.3 Å². The lowest BCUT2D eigenvalue weighted by Gasteiger charge is -2.18. The molecule has 0 aromatic carbocycles. The minimum absolute atomic E-state index is 0.0158. The van der Waals surface area contributed by atoms with E-state index in [1.165, 1.54) is 7.11 Å². The van der Waals surface area contributed by atoms with Gasteiger partial charge in [0, 0.05) is 5.92 Å². The molecule has 3 atom stereocenters. The summed E-state index contributed by atoms with van der Waals surface area (Å²) in [6.45, 7) is 3.73. The van der Waals surface area contributed by atoms with Crippen LogP contribution in [0.5, 0.6) is 0 Å². The second kappa shape index (κ2) is 5.14. The van der Waals surface area contributed by atoms with E-state index < -0.39 is 12.0 Å². The third kappa shape index (κ3) is 2.94. The van der Waals surface area contributed by atoms with Gasteiger partial charge in [0.15, 0.2) is 0 Å². The highest BCUT2D eigenvalue weighted by molar-refractivity contribution is 5.85. The normalized spacial score (nSPS) is 27.1. The Bertz CT molecular complexity index is 252. The number of carbonyl (C=O) groups is 2. The topological polar surface area (TPSA) is 55.4 Å². The summed E-state index contributed by atoms with van der Waals surface area (Å²) in [5.74, 6) is 0.0823. The van der Waals surface area contributed by atoms with Crippen molar-refractivity contribution in [3.8, 4) is 0 Å². The van der Waals surface area contributed by atoms with Crippen LogP contribution in [0, 0.1) is 11.8 Å². The highest BCUT2D eigenvalue weighted by Gasteiger charge is 2.31. The zero-order valence-electron chi connectivity index (χ0n) is 9.58. The highest BCUT2D eigenvalue weighted by Crippen LogP contribution is 2.31. The van der Waals surface area contributed by atoms with Gasteiger partial charge in [0.05, 0.1) is 7.11 Å². The molecule has 4 heteroatoms. The third-order valence-corrected chi connectivity index (χ3v) is 3.11. The fourth-order valence-electron chi connectivity index (χ4n) is 2.09. The van der Waals surface area contributed by atoms with Gasteiger partial charge in [-0.05, 0) is 25.7 Å².